The first kappa shape index (κ1) is 21.0. The van der Waals surface area contributed by atoms with Crippen LogP contribution < -0.4 is 4.74 Å². The van der Waals surface area contributed by atoms with Crippen molar-refractivity contribution < 1.29 is 13.9 Å². The SMILES string of the molecule is CCC1CCC(C(C)Cc2ccc(C(=O)Oc3ccc(C#N)c(F)c3)cc2)CC1. The summed E-state index contributed by atoms with van der Waals surface area (Å²) in [5, 5.41) is 8.77. The summed E-state index contributed by atoms with van der Waals surface area (Å²) in [7, 11) is 0. The Morgan fingerprint density at radius 2 is 1.86 bits per heavy atom. The van der Waals surface area contributed by atoms with E-state index in [1.165, 1.54) is 49.8 Å². The molecule has 0 bridgehead atoms. The predicted octanol–water partition coefficient (Wildman–Crippen LogP) is 6.31. The van der Waals surface area contributed by atoms with Gasteiger partial charge >= 0.3 is 5.97 Å². The van der Waals surface area contributed by atoms with Gasteiger partial charge in [-0.15, -0.1) is 0 Å². The van der Waals surface area contributed by atoms with E-state index in [-0.39, 0.29) is 11.3 Å². The highest BCUT2D eigenvalue weighted by atomic mass is 19.1. The molecule has 1 aliphatic carbocycles. The fraction of sp³-hybridized carbons (Fsp3) is 0.440. The van der Waals surface area contributed by atoms with Crippen LogP contribution in [-0.2, 0) is 6.42 Å². The molecule has 0 aromatic heterocycles. The molecule has 0 N–H and O–H groups in total. The average molecular weight is 394 g/mol. The molecule has 4 heteroatoms. The second kappa shape index (κ2) is 9.69. The monoisotopic (exact) mass is 393 g/mol. The Morgan fingerprint density at radius 1 is 1.17 bits per heavy atom. The summed E-state index contributed by atoms with van der Waals surface area (Å²) in [5.74, 6) is 1.18. The number of esters is 1. The molecular formula is C25H28FNO2. The smallest absolute Gasteiger partial charge is 0.343 e. The molecule has 0 spiro atoms. The van der Waals surface area contributed by atoms with Gasteiger partial charge in [-0.3, -0.25) is 0 Å². The Labute approximate surface area is 172 Å². The van der Waals surface area contributed by atoms with E-state index in [1.807, 2.05) is 12.1 Å². The van der Waals surface area contributed by atoms with E-state index in [2.05, 4.69) is 13.8 Å². The van der Waals surface area contributed by atoms with E-state index < -0.39 is 11.8 Å². The fourth-order valence-corrected chi connectivity index (χ4v) is 4.30. The van der Waals surface area contributed by atoms with E-state index in [9.17, 15) is 9.18 Å². The molecule has 1 fully saturated rings. The predicted molar refractivity (Wildman–Crippen MR) is 111 cm³/mol. The van der Waals surface area contributed by atoms with Crippen LogP contribution in [0.4, 0.5) is 4.39 Å². The number of nitriles is 1. The lowest BCUT2D eigenvalue weighted by Gasteiger charge is -2.32. The Hall–Kier alpha value is -2.67. The first-order valence-corrected chi connectivity index (χ1v) is 10.5. The number of carbonyl (C=O) groups is 1. The van der Waals surface area contributed by atoms with Gasteiger partial charge in [-0.1, -0.05) is 45.2 Å². The molecule has 3 nitrogen and oxygen atoms in total. The van der Waals surface area contributed by atoms with Crippen LogP contribution in [0.1, 0.15) is 67.4 Å². The molecule has 1 atom stereocenters. The topological polar surface area (TPSA) is 50.1 Å². The van der Waals surface area contributed by atoms with Crippen molar-refractivity contribution in [3.63, 3.8) is 0 Å². The van der Waals surface area contributed by atoms with Crippen molar-refractivity contribution in [1.29, 1.82) is 5.26 Å². The quantitative estimate of drug-likeness (QED) is 0.427. The molecule has 152 valence electrons. The molecule has 29 heavy (non-hydrogen) atoms. The van der Waals surface area contributed by atoms with E-state index >= 15 is 0 Å². The zero-order chi connectivity index (χ0) is 20.8. The highest BCUT2D eigenvalue weighted by Gasteiger charge is 2.24. The van der Waals surface area contributed by atoms with Gasteiger partial charge in [-0.25, -0.2) is 9.18 Å². The van der Waals surface area contributed by atoms with Crippen LogP contribution in [0.3, 0.4) is 0 Å². The Kier molecular flexibility index (Phi) is 7.04. The van der Waals surface area contributed by atoms with Gasteiger partial charge in [0.25, 0.3) is 0 Å². The Bertz CT molecular complexity index is 877. The van der Waals surface area contributed by atoms with Crippen LogP contribution in [0.5, 0.6) is 5.75 Å². The third-order valence-electron chi connectivity index (χ3n) is 6.29. The minimum absolute atomic E-state index is 0.0774. The zero-order valence-electron chi connectivity index (χ0n) is 17.2. The lowest BCUT2D eigenvalue weighted by Crippen LogP contribution is -2.21. The minimum Gasteiger partial charge on any atom is -0.423 e. The first-order valence-electron chi connectivity index (χ1n) is 10.5. The van der Waals surface area contributed by atoms with Crippen molar-refractivity contribution in [1.82, 2.24) is 0 Å². The van der Waals surface area contributed by atoms with Crippen molar-refractivity contribution in [2.45, 2.75) is 52.4 Å². The Morgan fingerprint density at radius 3 is 2.45 bits per heavy atom. The lowest BCUT2D eigenvalue weighted by molar-refractivity contribution is 0.0734. The normalized spacial score (nSPS) is 19.9. The highest BCUT2D eigenvalue weighted by Crippen LogP contribution is 2.36. The van der Waals surface area contributed by atoms with Gasteiger partial charge in [0, 0.05) is 6.07 Å². The van der Waals surface area contributed by atoms with Gasteiger partial charge in [0.05, 0.1) is 11.1 Å². The van der Waals surface area contributed by atoms with Crippen molar-refractivity contribution in [3.05, 3.63) is 65.0 Å². The molecule has 1 unspecified atom stereocenters. The first-order chi connectivity index (χ1) is 14.0. The summed E-state index contributed by atoms with van der Waals surface area (Å²) in [6, 6.07) is 13.0. The van der Waals surface area contributed by atoms with Crippen molar-refractivity contribution >= 4 is 5.97 Å². The summed E-state index contributed by atoms with van der Waals surface area (Å²) in [4.78, 5) is 12.3. The van der Waals surface area contributed by atoms with Crippen molar-refractivity contribution in [2.24, 2.45) is 17.8 Å². The number of hydrogen-bond acceptors (Lipinski definition) is 3. The Balaban J connectivity index is 1.56. The molecule has 2 aromatic rings. The second-order valence-electron chi connectivity index (χ2n) is 8.21. The maximum absolute atomic E-state index is 13.7. The largest absolute Gasteiger partial charge is 0.423 e. The molecule has 0 saturated heterocycles. The number of halogens is 1. The molecule has 1 aliphatic rings. The number of nitrogens with zero attached hydrogens (tertiary/aromatic N) is 1. The second-order valence-corrected chi connectivity index (χ2v) is 8.21. The highest BCUT2D eigenvalue weighted by molar-refractivity contribution is 5.91. The number of ether oxygens (including phenoxy) is 1. The standard InChI is InChI=1S/C25H28FNO2/c1-3-18-4-8-20(9-5-18)17(2)14-19-6-10-21(11-7-19)25(28)29-23-13-12-22(16-27)24(26)15-23/h6-7,10-13,15,17-18,20H,3-5,8-9,14H2,1-2H3. The van der Waals surface area contributed by atoms with E-state index in [4.69, 9.17) is 10.00 Å². The van der Waals surface area contributed by atoms with E-state index in [0.717, 1.165) is 24.3 Å². The molecule has 0 amide bonds. The van der Waals surface area contributed by atoms with Crippen LogP contribution >= 0.6 is 0 Å². The minimum atomic E-state index is -0.699. The molecule has 0 aliphatic heterocycles. The number of benzene rings is 2. The van der Waals surface area contributed by atoms with Gasteiger partial charge in [-0.2, -0.15) is 5.26 Å². The van der Waals surface area contributed by atoms with Crippen LogP contribution in [0, 0.1) is 34.9 Å². The summed E-state index contributed by atoms with van der Waals surface area (Å²) < 4.78 is 18.9. The summed E-state index contributed by atoms with van der Waals surface area (Å²) in [5.41, 5.74) is 1.57. The zero-order valence-corrected chi connectivity index (χ0v) is 17.2. The van der Waals surface area contributed by atoms with Gasteiger partial charge < -0.3 is 4.74 Å². The molecular weight excluding hydrogens is 365 g/mol. The summed E-state index contributed by atoms with van der Waals surface area (Å²) in [6.45, 7) is 4.62. The van der Waals surface area contributed by atoms with Crippen LogP contribution in [-0.4, -0.2) is 5.97 Å². The van der Waals surface area contributed by atoms with Crippen molar-refractivity contribution in [3.8, 4) is 11.8 Å². The van der Waals surface area contributed by atoms with Crippen LogP contribution in [0.15, 0.2) is 42.5 Å². The van der Waals surface area contributed by atoms with E-state index in [0.29, 0.717) is 11.5 Å². The van der Waals surface area contributed by atoms with Crippen molar-refractivity contribution in [2.75, 3.05) is 0 Å². The summed E-state index contributed by atoms with van der Waals surface area (Å²) >= 11 is 0. The van der Waals surface area contributed by atoms with Gasteiger partial charge in [0.1, 0.15) is 17.6 Å². The maximum atomic E-state index is 13.7. The molecule has 0 heterocycles. The lowest BCUT2D eigenvalue weighted by atomic mass is 9.74. The van der Waals surface area contributed by atoms with Crippen LogP contribution in [0.2, 0.25) is 0 Å². The average Bonchev–Trinajstić information content (AvgIpc) is 2.74. The molecule has 2 aromatic carbocycles. The number of rotatable bonds is 6. The maximum Gasteiger partial charge on any atom is 0.343 e. The fourth-order valence-electron chi connectivity index (χ4n) is 4.30. The third kappa shape index (κ3) is 5.44. The molecule has 0 radical (unpaired) electrons. The van der Waals surface area contributed by atoms with Gasteiger partial charge in [0.2, 0.25) is 0 Å². The molecule has 3 rings (SSSR count). The third-order valence-corrected chi connectivity index (χ3v) is 6.29. The van der Waals surface area contributed by atoms with E-state index in [1.54, 1.807) is 18.2 Å². The number of hydrogen-bond donors (Lipinski definition) is 0. The van der Waals surface area contributed by atoms with Gasteiger partial charge in [0.15, 0.2) is 0 Å². The summed E-state index contributed by atoms with van der Waals surface area (Å²) in [6.07, 6.45) is 7.67. The molecule has 1 saturated carbocycles. The van der Waals surface area contributed by atoms with Gasteiger partial charge in [-0.05, 0) is 66.8 Å². The van der Waals surface area contributed by atoms with Crippen LogP contribution in [0.25, 0.3) is 0 Å². The number of carbonyl (C=O) groups excluding carboxylic acids is 1.